The van der Waals surface area contributed by atoms with Gasteiger partial charge in [0, 0.05) is 24.8 Å². The number of furan rings is 1. The Bertz CT molecular complexity index is 545. The molecule has 0 atom stereocenters. The van der Waals surface area contributed by atoms with E-state index in [2.05, 4.69) is 26.3 Å². The van der Waals surface area contributed by atoms with Crippen molar-refractivity contribution in [3.05, 3.63) is 40.0 Å². The van der Waals surface area contributed by atoms with Crippen LogP contribution in [0.2, 0.25) is 0 Å². The first-order valence-corrected chi connectivity index (χ1v) is 5.87. The molecule has 0 spiro atoms. The lowest BCUT2D eigenvalue weighted by Crippen LogP contribution is -2.22. The second-order valence-corrected chi connectivity index (χ2v) is 4.39. The lowest BCUT2D eigenvalue weighted by atomic mass is 10.2. The topological polar surface area (TPSA) is 60.1 Å². The summed E-state index contributed by atoms with van der Waals surface area (Å²) in [5.41, 5.74) is 2.53. The molecular formula is C11H12BrN3O2. The van der Waals surface area contributed by atoms with E-state index in [1.54, 1.807) is 16.9 Å². The minimum atomic E-state index is -0.172. The molecule has 0 aliphatic rings. The van der Waals surface area contributed by atoms with Gasteiger partial charge < -0.3 is 9.73 Å². The SMILES string of the molecule is Cc1c(CNC(=O)c2ccoc2Br)cnn1C. The Balaban J connectivity index is 2.02. The molecule has 0 radical (unpaired) electrons. The van der Waals surface area contributed by atoms with E-state index in [0.29, 0.717) is 16.8 Å². The standard InChI is InChI=1S/C11H12BrN3O2/c1-7-8(6-14-15(7)2)5-13-11(16)9-3-4-17-10(9)12/h3-4,6H,5H2,1-2H3,(H,13,16). The largest absolute Gasteiger partial charge is 0.457 e. The van der Waals surface area contributed by atoms with Crippen LogP contribution in [0.15, 0.2) is 27.6 Å². The molecule has 6 heteroatoms. The van der Waals surface area contributed by atoms with E-state index >= 15 is 0 Å². The number of carbonyl (C=O) groups is 1. The van der Waals surface area contributed by atoms with Gasteiger partial charge >= 0.3 is 0 Å². The molecule has 1 N–H and O–H groups in total. The van der Waals surface area contributed by atoms with Gasteiger partial charge in [0.2, 0.25) is 0 Å². The smallest absolute Gasteiger partial charge is 0.256 e. The summed E-state index contributed by atoms with van der Waals surface area (Å²) >= 11 is 3.17. The summed E-state index contributed by atoms with van der Waals surface area (Å²) < 4.78 is 7.22. The maximum absolute atomic E-state index is 11.8. The normalized spacial score (nSPS) is 10.5. The molecule has 0 aliphatic heterocycles. The highest BCUT2D eigenvalue weighted by Gasteiger charge is 2.13. The fourth-order valence-electron chi connectivity index (χ4n) is 1.44. The molecule has 0 saturated heterocycles. The predicted octanol–water partition coefficient (Wildman–Crippen LogP) is 2.01. The van der Waals surface area contributed by atoms with Crippen LogP contribution >= 0.6 is 15.9 Å². The zero-order valence-electron chi connectivity index (χ0n) is 9.53. The molecule has 0 aromatic carbocycles. The minimum Gasteiger partial charge on any atom is -0.457 e. The zero-order chi connectivity index (χ0) is 12.4. The predicted molar refractivity (Wildman–Crippen MR) is 65.5 cm³/mol. The molecule has 1 amide bonds. The third kappa shape index (κ3) is 2.41. The quantitative estimate of drug-likeness (QED) is 0.943. The molecule has 0 unspecified atom stereocenters. The molecule has 2 aromatic rings. The van der Waals surface area contributed by atoms with Gasteiger partial charge in [0.05, 0.1) is 18.0 Å². The maximum atomic E-state index is 11.8. The third-order valence-corrected chi connectivity index (χ3v) is 3.25. The van der Waals surface area contributed by atoms with E-state index in [-0.39, 0.29) is 5.91 Å². The number of aromatic nitrogens is 2. The Labute approximate surface area is 107 Å². The number of nitrogens with zero attached hydrogens (tertiary/aromatic N) is 2. The van der Waals surface area contributed by atoms with Gasteiger partial charge in [-0.1, -0.05) is 0 Å². The average Bonchev–Trinajstić information content (AvgIpc) is 2.85. The van der Waals surface area contributed by atoms with Crippen molar-refractivity contribution in [3.63, 3.8) is 0 Å². The highest BCUT2D eigenvalue weighted by molar-refractivity contribution is 9.10. The number of aryl methyl sites for hydroxylation is 1. The summed E-state index contributed by atoms with van der Waals surface area (Å²) in [6, 6.07) is 1.62. The first-order valence-electron chi connectivity index (χ1n) is 5.08. The summed E-state index contributed by atoms with van der Waals surface area (Å²) in [6.07, 6.45) is 3.22. The first kappa shape index (κ1) is 11.9. The number of hydrogen-bond acceptors (Lipinski definition) is 3. The minimum absolute atomic E-state index is 0.172. The second-order valence-electron chi connectivity index (χ2n) is 3.67. The van der Waals surface area contributed by atoms with E-state index in [1.165, 1.54) is 6.26 Å². The Morgan fingerprint density at radius 3 is 2.94 bits per heavy atom. The van der Waals surface area contributed by atoms with Gasteiger partial charge in [-0.25, -0.2) is 0 Å². The zero-order valence-corrected chi connectivity index (χ0v) is 11.1. The molecular weight excluding hydrogens is 286 g/mol. The number of carbonyl (C=O) groups excluding carboxylic acids is 1. The molecule has 0 aliphatic carbocycles. The van der Waals surface area contributed by atoms with E-state index in [9.17, 15) is 4.79 Å². The summed E-state index contributed by atoms with van der Waals surface area (Å²) in [5.74, 6) is -0.172. The highest BCUT2D eigenvalue weighted by atomic mass is 79.9. The lowest BCUT2D eigenvalue weighted by molar-refractivity contribution is 0.0949. The van der Waals surface area contributed by atoms with Crippen LogP contribution in [-0.2, 0) is 13.6 Å². The van der Waals surface area contributed by atoms with Crippen LogP contribution in [0.1, 0.15) is 21.6 Å². The second kappa shape index (κ2) is 4.75. The maximum Gasteiger partial charge on any atom is 0.256 e. The van der Waals surface area contributed by atoms with Crippen molar-refractivity contribution in [1.82, 2.24) is 15.1 Å². The number of halogens is 1. The third-order valence-electron chi connectivity index (χ3n) is 2.64. The Morgan fingerprint density at radius 1 is 1.65 bits per heavy atom. The van der Waals surface area contributed by atoms with Crippen molar-refractivity contribution in [2.24, 2.45) is 7.05 Å². The van der Waals surface area contributed by atoms with Crippen LogP contribution in [-0.4, -0.2) is 15.7 Å². The Kier molecular flexibility index (Phi) is 3.33. The van der Waals surface area contributed by atoms with E-state index in [1.807, 2.05) is 14.0 Å². The van der Waals surface area contributed by atoms with Gasteiger partial charge in [-0.05, 0) is 28.9 Å². The van der Waals surface area contributed by atoms with Gasteiger partial charge in [-0.15, -0.1) is 0 Å². The van der Waals surface area contributed by atoms with Crippen LogP contribution < -0.4 is 5.32 Å². The van der Waals surface area contributed by atoms with Crippen molar-refractivity contribution in [2.45, 2.75) is 13.5 Å². The van der Waals surface area contributed by atoms with Crippen LogP contribution in [0, 0.1) is 6.92 Å². The summed E-state index contributed by atoms with van der Waals surface area (Å²) in [6.45, 7) is 2.42. The first-order chi connectivity index (χ1) is 8.09. The Morgan fingerprint density at radius 2 is 2.41 bits per heavy atom. The molecule has 5 nitrogen and oxygen atoms in total. The van der Waals surface area contributed by atoms with Crippen molar-refractivity contribution < 1.29 is 9.21 Å². The average molecular weight is 298 g/mol. The number of nitrogens with one attached hydrogen (secondary N) is 1. The highest BCUT2D eigenvalue weighted by Crippen LogP contribution is 2.17. The van der Waals surface area contributed by atoms with Crippen LogP contribution in [0.5, 0.6) is 0 Å². The summed E-state index contributed by atoms with van der Waals surface area (Å²) in [4.78, 5) is 11.8. The molecule has 2 rings (SSSR count). The molecule has 2 heterocycles. The van der Waals surface area contributed by atoms with Crippen LogP contribution in [0.25, 0.3) is 0 Å². The van der Waals surface area contributed by atoms with E-state index < -0.39 is 0 Å². The Hall–Kier alpha value is -1.56. The fraction of sp³-hybridized carbons (Fsp3) is 0.273. The molecule has 2 aromatic heterocycles. The van der Waals surface area contributed by atoms with Crippen molar-refractivity contribution in [3.8, 4) is 0 Å². The van der Waals surface area contributed by atoms with Gasteiger partial charge in [0.15, 0.2) is 4.67 Å². The molecule has 0 fully saturated rings. The fourth-order valence-corrected chi connectivity index (χ4v) is 1.86. The van der Waals surface area contributed by atoms with Crippen LogP contribution in [0.3, 0.4) is 0 Å². The van der Waals surface area contributed by atoms with Gasteiger partial charge in [-0.2, -0.15) is 5.10 Å². The van der Waals surface area contributed by atoms with Crippen LogP contribution in [0.4, 0.5) is 0 Å². The van der Waals surface area contributed by atoms with Gasteiger partial charge in [0.25, 0.3) is 5.91 Å². The molecule has 17 heavy (non-hydrogen) atoms. The number of hydrogen-bond donors (Lipinski definition) is 1. The monoisotopic (exact) mass is 297 g/mol. The summed E-state index contributed by atoms with van der Waals surface area (Å²) in [5, 5.41) is 6.93. The molecule has 90 valence electrons. The molecule has 0 saturated carbocycles. The number of amides is 1. The van der Waals surface area contributed by atoms with Crippen molar-refractivity contribution in [2.75, 3.05) is 0 Å². The number of rotatable bonds is 3. The van der Waals surface area contributed by atoms with E-state index in [4.69, 9.17) is 4.42 Å². The van der Waals surface area contributed by atoms with Gasteiger partial charge in [0.1, 0.15) is 0 Å². The van der Waals surface area contributed by atoms with E-state index in [0.717, 1.165) is 11.3 Å². The van der Waals surface area contributed by atoms with Gasteiger partial charge in [-0.3, -0.25) is 9.48 Å². The van der Waals surface area contributed by atoms with Crippen molar-refractivity contribution >= 4 is 21.8 Å². The summed E-state index contributed by atoms with van der Waals surface area (Å²) in [7, 11) is 1.87. The van der Waals surface area contributed by atoms with Crippen molar-refractivity contribution in [1.29, 1.82) is 0 Å². The molecule has 0 bridgehead atoms. The lowest BCUT2D eigenvalue weighted by Gasteiger charge is -2.03.